The lowest BCUT2D eigenvalue weighted by Crippen LogP contribution is -2.48. The van der Waals surface area contributed by atoms with Crippen molar-refractivity contribution >= 4 is 28.4 Å². The summed E-state index contributed by atoms with van der Waals surface area (Å²) in [5.41, 5.74) is 0.485. The van der Waals surface area contributed by atoms with E-state index >= 15 is 0 Å². The Morgan fingerprint density at radius 1 is 1.14 bits per heavy atom. The molecular weight excluding hydrogens is 383 g/mol. The van der Waals surface area contributed by atoms with Crippen LogP contribution in [0.3, 0.4) is 0 Å². The minimum absolute atomic E-state index is 0.0125. The second-order valence-corrected chi connectivity index (χ2v) is 7.16. The van der Waals surface area contributed by atoms with Crippen molar-refractivity contribution < 1.29 is 9.18 Å². The van der Waals surface area contributed by atoms with Gasteiger partial charge >= 0.3 is 0 Å². The predicted molar refractivity (Wildman–Crippen MR) is 105 cm³/mol. The first-order chi connectivity index (χ1) is 13.5. The van der Waals surface area contributed by atoms with Gasteiger partial charge in [0.25, 0.3) is 11.5 Å². The third-order valence-corrected chi connectivity index (χ3v) is 5.09. The van der Waals surface area contributed by atoms with Crippen molar-refractivity contribution in [2.45, 2.75) is 6.54 Å². The minimum atomic E-state index is -0.574. The lowest BCUT2D eigenvalue weighted by molar-refractivity contribution is 0.0621. The number of nitrogens with one attached hydrogen (secondary N) is 1. The third-order valence-electron chi connectivity index (χ3n) is 4.85. The van der Waals surface area contributed by atoms with Gasteiger partial charge in [-0.05, 0) is 30.3 Å². The number of halogens is 2. The summed E-state index contributed by atoms with van der Waals surface area (Å²) in [6, 6.07) is 11.2. The van der Waals surface area contributed by atoms with Crippen LogP contribution in [0.1, 0.15) is 16.2 Å². The zero-order valence-corrected chi connectivity index (χ0v) is 15.7. The van der Waals surface area contributed by atoms with E-state index in [2.05, 4.69) is 14.9 Å². The number of carbonyl (C=O) groups excluding carboxylic acids is 1. The van der Waals surface area contributed by atoms with E-state index in [-0.39, 0.29) is 17.0 Å². The molecule has 4 rings (SSSR count). The fourth-order valence-corrected chi connectivity index (χ4v) is 3.53. The summed E-state index contributed by atoms with van der Waals surface area (Å²) in [5.74, 6) is -0.351. The van der Waals surface area contributed by atoms with Crippen LogP contribution in [0.4, 0.5) is 4.39 Å². The van der Waals surface area contributed by atoms with E-state index in [1.807, 2.05) is 12.1 Å². The number of para-hydroxylation sites is 1. The molecule has 0 aliphatic carbocycles. The lowest BCUT2D eigenvalue weighted by atomic mass is 10.1. The van der Waals surface area contributed by atoms with Crippen LogP contribution in [0.15, 0.2) is 47.3 Å². The number of hydrogen-bond acceptors (Lipinski definition) is 4. The number of benzene rings is 2. The van der Waals surface area contributed by atoms with Gasteiger partial charge < -0.3 is 9.88 Å². The van der Waals surface area contributed by atoms with Gasteiger partial charge in [0.1, 0.15) is 11.6 Å². The number of aromatic amines is 1. The maximum Gasteiger partial charge on any atom is 0.258 e. The second kappa shape index (κ2) is 7.69. The molecular formula is C20H18ClFN4O2. The summed E-state index contributed by atoms with van der Waals surface area (Å²) in [6.45, 7) is 2.60. The van der Waals surface area contributed by atoms with Gasteiger partial charge in [0, 0.05) is 31.2 Å². The Morgan fingerprint density at radius 2 is 1.89 bits per heavy atom. The molecule has 0 radical (unpaired) electrons. The maximum absolute atomic E-state index is 13.9. The minimum Gasteiger partial charge on any atom is -0.336 e. The molecule has 1 saturated heterocycles. The third kappa shape index (κ3) is 3.76. The van der Waals surface area contributed by atoms with Gasteiger partial charge in [-0.2, -0.15) is 0 Å². The molecule has 1 aliphatic heterocycles. The highest BCUT2D eigenvalue weighted by atomic mass is 35.5. The number of aromatic nitrogens is 2. The summed E-state index contributed by atoms with van der Waals surface area (Å²) >= 11 is 5.89. The quantitative estimate of drug-likeness (QED) is 0.734. The van der Waals surface area contributed by atoms with E-state index in [9.17, 15) is 14.0 Å². The van der Waals surface area contributed by atoms with E-state index in [1.165, 1.54) is 18.2 Å². The molecule has 1 N–H and O–H groups in total. The summed E-state index contributed by atoms with van der Waals surface area (Å²) in [7, 11) is 0. The molecule has 28 heavy (non-hydrogen) atoms. The van der Waals surface area contributed by atoms with E-state index < -0.39 is 5.82 Å². The van der Waals surface area contributed by atoms with Crippen molar-refractivity contribution in [2.24, 2.45) is 0 Å². The Labute approximate surface area is 165 Å². The van der Waals surface area contributed by atoms with Crippen LogP contribution in [-0.2, 0) is 6.54 Å². The van der Waals surface area contributed by atoms with Crippen LogP contribution in [0.25, 0.3) is 10.9 Å². The summed E-state index contributed by atoms with van der Waals surface area (Å²) in [5, 5.41) is 0.889. The van der Waals surface area contributed by atoms with Crippen molar-refractivity contribution in [3.8, 4) is 0 Å². The SMILES string of the molecule is O=C(c1cc(Cl)ccc1F)N1CCN(Cc2nc3ccccc3c(=O)[nH]2)CC1. The number of nitrogens with zero attached hydrogens (tertiary/aromatic N) is 3. The van der Waals surface area contributed by atoms with Gasteiger partial charge in [-0.3, -0.25) is 14.5 Å². The Hall–Kier alpha value is -2.77. The van der Waals surface area contributed by atoms with E-state index in [1.54, 1.807) is 17.0 Å². The molecule has 0 saturated carbocycles. The zero-order chi connectivity index (χ0) is 19.7. The second-order valence-electron chi connectivity index (χ2n) is 6.72. The first kappa shape index (κ1) is 18.6. The van der Waals surface area contributed by atoms with Crippen LogP contribution in [0, 0.1) is 5.82 Å². The predicted octanol–water partition coefficient (Wildman–Crippen LogP) is 2.67. The van der Waals surface area contributed by atoms with Gasteiger partial charge in [-0.15, -0.1) is 0 Å². The first-order valence-corrected chi connectivity index (χ1v) is 9.34. The normalized spacial score (nSPS) is 15.1. The average molecular weight is 401 g/mol. The highest BCUT2D eigenvalue weighted by molar-refractivity contribution is 6.31. The first-order valence-electron chi connectivity index (χ1n) is 8.96. The van der Waals surface area contributed by atoms with Crippen LogP contribution in [0.2, 0.25) is 5.02 Å². The highest BCUT2D eigenvalue weighted by Crippen LogP contribution is 2.18. The summed E-state index contributed by atoms with van der Waals surface area (Å²) < 4.78 is 13.9. The zero-order valence-electron chi connectivity index (χ0n) is 15.0. The van der Waals surface area contributed by atoms with Gasteiger partial charge in [0.05, 0.1) is 23.0 Å². The highest BCUT2D eigenvalue weighted by Gasteiger charge is 2.24. The Kier molecular flexibility index (Phi) is 5.11. The van der Waals surface area contributed by atoms with Crippen molar-refractivity contribution in [1.82, 2.24) is 19.8 Å². The number of amides is 1. The van der Waals surface area contributed by atoms with Crippen molar-refractivity contribution in [3.05, 3.63) is 75.0 Å². The topological polar surface area (TPSA) is 69.3 Å². The Morgan fingerprint density at radius 3 is 2.68 bits per heavy atom. The Balaban J connectivity index is 1.42. The fourth-order valence-electron chi connectivity index (χ4n) is 3.36. The molecule has 0 spiro atoms. The number of rotatable bonds is 3. The number of carbonyl (C=O) groups is 1. The van der Waals surface area contributed by atoms with Crippen LogP contribution >= 0.6 is 11.6 Å². The van der Waals surface area contributed by atoms with Crippen molar-refractivity contribution in [2.75, 3.05) is 26.2 Å². The molecule has 3 aromatic rings. The molecule has 0 bridgehead atoms. The van der Waals surface area contributed by atoms with Gasteiger partial charge in [0.15, 0.2) is 0 Å². The van der Waals surface area contributed by atoms with Crippen LogP contribution in [-0.4, -0.2) is 51.9 Å². The maximum atomic E-state index is 13.9. The van der Waals surface area contributed by atoms with Gasteiger partial charge in [-0.25, -0.2) is 9.37 Å². The number of hydrogen-bond donors (Lipinski definition) is 1. The standard InChI is InChI=1S/C20H18ClFN4O2/c21-13-5-6-16(22)15(11-13)20(28)26-9-7-25(8-10-26)12-18-23-17-4-2-1-3-14(17)19(27)24-18/h1-6,11H,7-10,12H2,(H,23,24,27). The molecule has 6 nitrogen and oxygen atoms in total. The number of H-pyrrole nitrogens is 1. The fraction of sp³-hybridized carbons (Fsp3) is 0.250. The molecule has 2 heterocycles. The molecule has 2 aromatic carbocycles. The largest absolute Gasteiger partial charge is 0.336 e. The number of piperazine rings is 1. The Bertz CT molecular complexity index is 1090. The van der Waals surface area contributed by atoms with E-state index in [0.29, 0.717) is 54.5 Å². The molecule has 1 fully saturated rings. The smallest absolute Gasteiger partial charge is 0.258 e. The summed E-state index contributed by atoms with van der Waals surface area (Å²) in [6.07, 6.45) is 0. The van der Waals surface area contributed by atoms with Crippen molar-refractivity contribution in [1.29, 1.82) is 0 Å². The molecule has 0 unspecified atom stereocenters. The average Bonchev–Trinajstić information content (AvgIpc) is 2.70. The molecule has 0 atom stereocenters. The molecule has 1 amide bonds. The van der Waals surface area contributed by atoms with E-state index in [0.717, 1.165) is 0 Å². The molecule has 1 aliphatic rings. The monoisotopic (exact) mass is 400 g/mol. The lowest BCUT2D eigenvalue weighted by Gasteiger charge is -2.34. The van der Waals surface area contributed by atoms with Crippen LogP contribution in [0.5, 0.6) is 0 Å². The van der Waals surface area contributed by atoms with Gasteiger partial charge in [0.2, 0.25) is 0 Å². The molecule has 144 valence electrons. The van der Waals surface area contributed by atoms with E-state index in [4.69, 9.17) is 11.6 Å². The van der Waals surface area contributed by atoms with Crippen LogP contribution < -0.4 is 5.56 Å². The number of fused-ring (bicyclic) bond motifs is 1. The summed E-state index contributed by atoms with van der Waals surface area (Å²) in [4.78, 5) is 35.8. The van der Waals surface area contributed by atoms with Crippen molar-refractivity contribution in [3.63, 3.8) is 0 Å². The molecule has 8 heteroatoms. The molecule has 1 aromatic heterocycles. The van der Waals surface area contributed by atoms with Gasteiger partial charge in [-0.1, -0.05) is 23.7 Å².